The molecule has 2 aliphatic rings. The second-order valence-electron chi connectivity index (χ2n) is 6.43. The van der Waals surface area contributed by atoms with Gasteiger partial charge in [-0.2, -0.15) is 0 Å². The van der Waals surface area contributed by atoms with E-state index >= 15 is 0 Å². The fourth-order valence-electron chi connectivity index (χ4n) is 3.64. The maximum Gasteiger partial charge on any atom is 0.257 e. The van der Waals surface area contributed by atoms with E-state index in [2.05, 4.69) is 18.9 Å². The lowest BCUT2D eigenvalue weighted by Crippen LogP contribution is -2.39. The summed E-state index contributed by atoms with van der Waals surface area (Å²) < 4.78 is 5.75. The average Bonchev–Trinajstić information content (AvgIpc) is 2.78. The molecular weight excluding hydrogens is 276 g/mol. The monoisotopic (exact) mass is 302 g/mol. The molecule has 1 amide bonds. The van der Waals surface area contributed by atoms with Crippen LogP contribution in [0.2, 0.25) is 0 Å². The molecule has 2 heterocycles. The zero-order valence-corrected chi connectivity index (χ0v) is 13.6. The van der Waals surface area contributed by atoms with Gasteiger partial charge in [0.15, 0.2) is 0 Å². The van der Waals surface area contributed by atoms with Gasteiger partial charge in [0.2, 0.25) is 0 Å². The molecule has 120 valence electrons. The number of ether oxygens (including phenoxy) is 1. The minimum absolute atomic E-state index is 0.118. The van der Waals surface area contributed by atoms with Crippen molar-refractivity contribution >= 4 is 5.91 Å². The predicted octanol–water partition coefficient (Wildman–Crippen LogP) is 2.78. The van der Waals surface area contributed by atoms with Crippen molar-refractivity contribution in [3.05, 3.63) is 29.8 Å². The molecule has 2 atom stereocenters. The van der Waals surface area contributed by atoms with Gasteiger partial charge >= 0.3 is 0 Å². The second-order valence-corrected chi connectivity index (χ2v) is 6.43. The Morgan fingerprint density at radius 1 is 1.23 bits per heavy atom. The highest BCUT2D eigenvalue weighted by molar-refractivity contribution is 5.97. The van der Waals surface area contributed by atoms with Gasteiger partial charge in [0.1, 0.15) is 5.75 Å². The van der Waals surface area contributed by atoms with Crippen molar-refractivity contribution < 1.29 is 9.53 Å². The number of nitrogens with zero attached hydrogens (tertiary/aromatic N) is 2. The van der Waals surface area contributed by atoms with Crippen LogP contribution in [0.15, 0.2) is 24.3 Å². The topological polar surface area (TPSA) is 32.8 Å². The number of hydrogen-bond acceptors (Lipinski definition) is 3. The molecular formula is C18H26N2O2. The summed E-state index contributed by atoms with van der Waals surface area (Å²) in [4.78, 5) is 17.4. The summed E-state index contributed by atoms with van der Waals surface area (Å²) in [5.74, 6) is 0.838. The quantitative estimate of drug-likeness (QED) is 0.857. The summed E-state index contributed by atoms with van der Waals surface area (Å²) in [6.45, 7) is 4.42. The van der Waals surface area contributed by atoms with Crippen LogP contribution in [0.4, 0.5) is 0 Å². The number of carbonyl (C=O) groups excluding carboxylic acids is 1. The normalized spacial score (nSPS) is 25.1. The molecule has 0 aliphatic carbocycles. The summed E-state index contributed by atoms with van der Waals surface area (Å²) in [6.07, 6.45) is 4.51. The minimum atomic E-state index is 0.118. The molecule has 22 heavy (non-hydrogen) atoms. The number of likely N-dealkylation sites (tertiary alicyclic amines) is 1. The summed E-state index contributed by atoms with van der Waals surface area (Å²) in [7, 11) is 2.20. The molecule has 3 rings (SSSR count). The Bertz CT molecular complexity index is 532. The lowest BCUT2D eigenvalue weighted by atomic mass is 10.1. The van der Waals surface area contributed by atoms with Gasteiger partial charge in [-0.3, -0.25) is 9.69 Å². The van der Waals surface area contributed by atoms with Crippen LogP contribution in [0.25, 0.3) is 0 Å². The van der Waals surface area contributed by atoms with E-state index in [1.165, 1.54) is 12.8 Å². The van der Waals surface area contributed by atoms with Crippen LogP contribution in [0.1, 0.15) is 43.0 Å². The van der Waals surface area contributed by atoms with Crippen LogP contribution < -0.4 is 4.74 Å². The lowest BCUT2D eigenvalue weighted by molar-refractivity contribution is 0.0736. The number of benzene rings is 1. The van der Waals surface area contributed by atoms with Gasteiger partial charge in [-0.15, -0.1) is 0 Å². The van der Waals surface area contributed by atoms with Crippen molar-refractivity contribution in [3.8, 4) is 5.75 Å². The van der Waals surface area contributed by atoms with Crippen LogP contribution in [0.5, 0.6) is 5.75 Å². The van der Waals surface area contributed by atoms with Gasteiger partial charge in [-0.05, 0) is 44.9 Å². The number of rotatable bonds is 4. The highest BCUT2D eigenvalue weighted by atomic mass is 16.5. The van der Waals surface area contributed by atoms with Crippen molar-refractivity contribution in [2.45, 2.75) is 44.7 Å². The van der Waals surface area contributed by atoms with Gasteiger partial charge in [0.05, 0.1) is 12.2 Å². The van der Waals surface area contributed by atoms with Gasteiger partial charge in [0, 0.05) is 25.2 Å². The first-order valence-electron chi connectivity index (χ1n) is 8.43. The first kappa shape index (κ1) is 15.3. The molecule has 0 aromatic heterocycles. The molecule has 2 bridgehead atoms. The van der Waals surface area contributed by atoms with E-state index in [4.69, 9.17) is 4.74 Å². The van der Waals surface area contributed by atoms with E-state index < -0.39 is 0 Å². The summed E-state index contributed by atoms with van der Waals surface area (Å²) in [5, 5.41) is 0. The largest absolute Gasteiger partial charge is 0.493 e. The Morgan fingerprint density at radius 2 is 2.00 bits per heavy atom. The van der Waals surface area contributed by atoms with Gasteiger partial charge in [-0.1, -0.05) is 19.1 Å². The third-order valence-corrected chi connectivity index (χ3v) is 5.01. The van der Waals surface area contributed by atoms with Crippen molar-refractivity contribution in [1.29, 1.82) is 0 Å². The van der Waals surface area contributed by atoms with E-state index in [0.29, 0.717) is 24.3 Å². The van der Waals surface area contributed by atoms with Crippen LogP contribution in [0.3, 0.4) is 0 Å². The molecule has 4 heteroatoms. The van der Waals surface area contributed by atoms with E-state index in [1.54, 1.807) is 0 Å². The second kappa shape index (κ2) is 6.69. The number of para-hydroxylation sites is 1. The number of likely N-dealkylation sites (N-methyl/N-ethyl adjacent to an activating group) is 1. The van der Waals surface area contributed by atoms with Gasteiger partial charge < -0.3 is 9.64 Å². The van der Waals surface area contributed by atoms with Gasteiger partial charge in [-0.25, -0.2) is 0 Å². The fraction of sp³-hybridized carbons (Fsp3) is 0.611. The minimum Gasteiger partial charge on any atom is -0.493 e. The van der Waals surface area contributed by atoms with Crippen molar-refractivity contribution in [1.82, 2.24) is 9.80 Å². The van der Waals surface area contributed by atoms with Gasteiger partial charge in [0.25, 0.3) is 5.91 Å². The van der Waals surface area contributed by atoms with Crippen LogP contribution in [0, 0.1) is 0 Å². The molecule has 2 saturated heterocycles. The highest BCUT2D eigenvalue weighted by Crippen LogP contribution is 2.30. The Morgan fingerprint density at radius 3 is 2.82 bits per heavy atom. The Balaban J connectivity index is 1.76. The van der Waals surface area contributed by atoms with Crippen molar-refractivity contribution in [2.24, 2.45) is 0 Å². The molecule has 1 aromatic rings. The standard InChI is InChI=1S/C18H26N2O2/c1-3-12-22-17-7-5-4-6-16(17)18(21)20-11-10-14-8-9-15(13-20)19(14)2/h4-7,14-15H,3,8-13H2,1-2H3/t14-,15+/m0/s1. The molecule has 0 unspecified atom stereocenters. The lowest BCUT2D eigenvalue weighted by Gasteiger charge is -2.26. The first-order valence-corrected chi connectivity index (χ1v) is 8.43. The first-order chi connectivity index (χ1) is 10.7. The van der Waals surface area contributed by atoms with Crippen molar-refractivity contribution in [3.63, 3.8) is 0 Å². The molecule has 0 N–H and O–H groups in total. The summed E-state index contributed by atoms with van der Waals surface area (Å²) >= 11 is 0. The Kier molecular flexibility index (Phi) is 4.67. The maximum atomic E-state index is 12.9. The van der Waals surface area contributed by atoms with E-state index in [9.17, 15) is 4.79 Å². The third kappa shape index (κ3) is 2.98. The molecule has 0 spiro atoms. The van der Waals surface area contributed by atoms with E-state index in [-0.39, 0.29) is 5.91 Å². The number of amides is 1. The predicted molar refractivity (Wildman–Crippen MR) is 87.3 cm³/mol. The molecule has 0 saturated carbocycles. The smallest absolute Gasteiger partial charge is 0.257 e. The summed E-state index contributed by atoms with van der Waals surface area (Å²) in [6, 6.07) is 8.80. The molecule has 2 aliphatic heterocycles. The Hall–Kier alpha value is -1.55. The molecule has 4 nitrogen and oxygen atoms in total. The Labute approximate surface area is 133 Å². The zero-order valence-electron chi connectivity index (χ0n) is 13.6. The van der Waals surface area contributed by atoms with Crippen molar-refractivity contribution in [2.75, 3.05) is 26.7 Å². The number of fused-ring (bicyclic) bond motifs is 2. The average molecular weight is 302 g/mol. The van der Waals surface area contributed by atoms with Crippen LogP contribution >= 0.6 is 0 Å². The SMILES string of the molecule is CCCOc1ccccc1C(=O)N1CC[C@@H]2CC[C@H](C1)N2C. The molecule has 0 radical (unpaired) electrons. The van der Waals surface area contributed by atoms with E-state index in [0.717, 1.165) is 31.7 Å². The summed E-state index contributed by atoms with van der Waals surface area (Å²) in [5.41, 5.74) is 0.705. The highest BCUT2D eigenvalue weighted by Gasteiger charge is 2.36. The number of hydrogen-bond donors (Lipinski definition) is 0. The maximum absolute atomic E-state index is 12.9. The third-order valence-electron chi connectivity index (χ3n) is 5.01. The van der Waals surface area contributed by atoms with E-state index in [1.807, 2.05) is 29.2 Å². The molecule has 2 fully saturated rings. The fourth-order valence-corrected chi connectivity index (χ4v) is 3.64. The van der Waals surface area contributed by atoms with Crippen LogP contribution in [-0.4, -0.2) is 54.5 Å². The molecule has 1 aromatic carbocycles. The zero-order chi connectivity index (χ0) is 15.5. The number of carbonyl (C=O) groups is 1. The van der Waals surface area contributed by atoms with Crippen LogP contribution in [-0.2, 0) is 0 Å².